The van der Waals surface area contributed by atoms with Gasteiger partial charge in [-0.05, 0) is 18.1 Å². The molecule has 2 heterocycles. The van der Waals surface area contributed by atoms with Crippen molar-refractivity contribution < 1.29 is 9.26 Å². The molecule has 6 heteroatoms. The Bertz CT molecular complexity index is 507. The van der Waals surface area contributed by atoms with Crippen LogP contribution < -0.4 is 5.32 Å². The second kappa shape index (κ2) is 7.81. The molecule has 0 aliphatic carbocycles. The SMILES string of the molecule is CCCc1noc(Cn2ccc(CNCCOC)c2)n1. The summed E-state index contributed by atoms with van der Waals surface area (Å²) in [7, 11) is 1.70. The van der Waals surface area contributed by atoms with Gasteiger partial charge in [0.1, 0.15) is 6.54 Å². The fourth-order valence-electron chi connectivity index (χ4n) is 1.94. The molecule has 0 bridgehead atoms. The van der Waals surface area contributed by atoms with Gasteiger partial charge in [0, 0.05) is 39.0 Å². The fraction of sp³-hybridized carbons (Fsp3) is 0.571. The predicted molar refractivity (Wildman–Crippen MR) is 75.4 cm³/mol. The minimum absolute atomic E-state index is 0.620. The Morgan fingerprint density at radius 1 is 1.45 bits per heavy atom. The van der Waals surface area contributed by atoms with Gasteiger partial charge in [-0.25, -0.2) is 0 Å². The minimum atomic E-state index is 0.620. The highest BCUT2D eigenvalue weighted by molar-refractivity contribution is 5.10. The monoisotopic (exact) mass is 278 g/mol. The summed E-state index contributed by atoms with van der Waals surface area (Å²) in [5.41, 5.74) is 1.23. The zero-order chi connectivity index (χ0) is 14.2. The molecule has 0 amide bonds. The number of hydrogen-bond donors (Lipinski definition) is 1. The van der Waals surface area contributed by atoms with Gasteiger partial charge in [0.15, 0.2) is 5.82 Å². The van der Waals surface area contributed by atoms with E-state index in [0.29, 0.717) is 12.4 Å². The number of methoxy groups -OCH3 is 1. The standard InChI is InChI=1S/C14H22N4O2/c1-3-4-13-16-14(20-17-13)11-18-7-5-12(10-18)9-15-6-8-19-2/h5,7,10,15H,3-4,6,8-9,11H2,1-2H3. The zero-order valence-corrected chi connectivity index (χ0v) is 12.1. The van der Waals surface area contributed by atoms with Gasteiger partial charge in [0.05, 0.1) is 6.61 Å². The largest absolute Gasteiger partial charge is 0.383 e. The van der Waals surface area contributed by atoms with E-state index in [1.807, 2.05) is 6.20 Å². The second-order valence-corrected chi connectivity index (χ2v) is 4.72. The highest BCUT2D eigenvalue weighted by Crippen LogP contribution is 2.06. The number of aryl methyl sites for hydroxylation is 1. The van der Waals surface area contributed by atoms with Crippen LogP contribution in [0.15, 0.2) is 23.0 Å². The molecule has 110 valence electrons. The highest BCUT2D eigenvalue weighted by Gasteiger charge is 2.06. The number of ether oxygens (including phenoxy) is 1. The Labute approximate surface area is 119 Å². The fourth-order valence-corrected chi connectivity index (χ4v) is 1.94. The van der Waals surface area contributed by atoms with Gasteiger partial charge >= 0.3 is 0 Å². The van der Waals surface area contributed by atoms with E-state index in [1.54, 1.807) is 7.11 Å². The molecule has 0 aliphatic heterocycles. The van der Waals surface area contributed by atoms with Crippen LogP contribution in [0.2, 0.25) is 0 Å². The summed E-state index contributed by atoms with van der Waals surface area (Å²) in [5.74, 6) is 1.44. The Kier molecular flexibility index (Phi) is 5.76. The summed E-state index contributed by atoms with van der Waals surface area (Å²) in [5, 5.41) is 7.26. The molecule has 0 aromatic carbocycles. The Balaban J connectivity index is 1.82. The van der Waals surface area contributed by atoms with Crippen molar-refractivity contribution >= 4 is 0 Å². The van der Waals surface area contributed by atoms with E-state index < -0.39 is 0 Å². The third-order valence-electron chi connectivity index (χ3n) is 2.93. The van der Waals surface area contributed by atoms with Gasteiger partial charge in [-0.15, -0.1) is 0 Å². The summed E-state index contributed by atoms with van der Waals surface area (Å²) in [6.45, 7) is 5.13. The molecule has 0 fully saturated rings. The van der Waals surface area contributed by atoms with E-state index in [0.717, 1.165) is 38.4 Å². The van der Waals surface area contributed by atoms with E-state index >= 15 is 0 Å². The summed E-state index contributed by atoms with van der Waals surface area (Å²) in [6, 6.07) is 2.09. The van der Waals surface area contributed by atoms with Crippen molar-refractivity contribution in [3.63, 3.8) is 0 Å². The highest BCUT2D eigenvalue weighted by atomic mass is 16.5. The van der Waals surface area contributed by atoms with Crippen molar-refractivity contribution in [2.24, 2.45) is 0 Å². The van der Waals surface area contributed by atoms with Crippen molar-refractivity contribution in [1.82, 2.24) is 20.0 Å². The first kappa shape index (κ1) is 14.7. The van der Waals surface area contributed by atoms with Crippen LogP contribution in [-0.4, -0.2) is 35.0 Å². The van der Waals surface area contributed by atoms with E-state index in [4.69, 9.17) is 9.26 Å². The number of aromatic nitrogens is 3. The zero-order valence-electron chi connectivity index (χ0n) is 12.1. The molecule has 0 aliphatic rings. The van der Waals surface area contributed by atoms with Crippen LogP contribution in [0, 0.1) is 0 Å². The molecule has 1 N–H and O–H groups in total. The lowest BCUT2D eigenvalue weighted by atomic mass is 10.3. The van der Waals surface area contributed by atoms with Crippen molar-refractivity contribution in [2.45, 2.75) is 32.9 Å². The second-order valence-electron chi connectivity index (χ2n) is 4.72. The van der Waals surface area contributed by atoms with E-state index in [2.05, 4.69) is 39.2 Å². The van der Waals surface area contributed by atoms with Crippen LogP contribution in [0.5, 0.6) is 0 Å². The number of hydrogen-bond acceptors (Lipinski definition) is 5. The van der Waals surface area contributed by atoms with E-state index in [9.17, 15) is 0 Å². The van der Waals surface area contributed by atoms with Crippen molar-refractivity contribution in [1.29, 1.82) is 0 Å². The number of nitrogens with zero attached hydrogens (tertiary/aromatic N) is 3. The van der Waals surface area contributed by atoms with Crippen LogP contribution in [-0.2, 0) is 24.2 Å². The van der Waals surface area contributed by atoms with Gasteiger partial charge in [-0.3, -0.25) is 0 Å². The van der Waals surface area contributed by atoms with E-state index in [-0.39, 0.29) is 0 Å². The lowest BCUT2D eigenvalue weighted by Crippen LogP contribution is -2.18. The summed E-state index contributed by atoms with van der Waals surface area (Å²) in [6.07, 6.45) is 6.00. The average molecular weight is 278 g/mol. The molecule has 0 spiro atoms. The molecule has 0 saturated heterocycles. The maximum absolute atomic E-state index is 5.23. The molecular formula is C14H22N4O2. The smallest absolute Gasteiger partial charge is 0.246 e. The first-order chi connectivity index (χ1) is 9.81. The summed E-state index contributed by atoms with van der Waals surface area (Å²) < 4.78 is 12.3. The van der Waals surface area contributed by atoms with Gasteiger partial charge < -0.3 is 19.1 Å². The summed E-state index contributed by atoms with van der Waals surface area (Å²) in [4.78, 5) is 4.36. The third kappa shape index (κ3) is 4.47. The lowest BCUT2D eigenvalue weighted by molar-refractivity contribution is 0.199. The number of nitrogens with one attached hydrogen (secondary N) is 1. The normalized spacial score (nSPS) is 11.1. The van der Waals surface area contributed by atoms with Gasteiger partial charge in [0.2, 0.25) is 5.89 Å². The van der Waals surface area contributed by atoms with Gasteiger partial charge in [-0.2, -0.15) is 4.98 Å². The Hall–Kier alpha value is -1.66. The van der Waals surface area contributed by atoms with Crippen LogP contribution in [0.25, 0.3) is 0 Å². The third-order valence-corrected chi connectivity index (χ3v) is 2.93. The topological polar surface area (TPSA) is 65.1 Å². The Morgan fingerprint density at radius 3 is 3.15 bits per heavy atom. The maximum atomic E-state index is 5.23. The van der Waals surface area contributed by atoms with Crippen LogP contribution in [0.4, 0.5) is 0 Å². The average Bonchev–Trinajstić information content (AvgIpc) is 3.06. The first-order valence-corrected chi connectivity index (χ1v) is 6.97. The van der Waals surface area contributed by atoms with Crippen LogP contribution in [0.1, 0.15) is 30.6 Å². The van der Waals surface area contributed by atoms with Crippen molar-refractivity contribution in [2.75, 3.05) is 20.3 Å². The quantitative estimate of drug-likeness (QED) is 0.706. The van der Waals surface area contributed by atoms with Gasteiger partial charge in [-0.1, -0.05) is 12.1 Å². The van der Waals surface area contributed by atoms with Crippen LogP contribution >= 0.6 is 0 Å². The van der Waals surface area contributed by atoms with Crippen LogP contribution in [0.3, 0.4) is 0 Å². The van der Waals surface area contributed by atoms with Gasteiger partial charge in [0.25, 0.3) is 0 Å². The first-order valence-electron chi connectivity index (χ1n) is 6.97. The lowest BCUT2D eigenvalue weighted by Gasteiger charge is -2.01. The molecular weight excluding hydrogens is 256 g/mol. The predicted octanol–water partition coefficient (Wildman–Crippen LogP) is 1.61. The molecule has 6 nitrogen and oxygen atoms in total. The Morgan fingerprint density at radius 2 is 2.35 bits per heavy atom. The molecule has 0 unspecified atom stereocenters. The molecule has 20 heavy (non-hydrogen) atoms. The summed E-state index contributed by atoms with van der Waals surface area (Å²) >= 11 is 0. The molecule has 2 rings (SSSR count). The van der Waals surface area contributed by atoms with Crippen molar-refractivity contribution in [3.05, 3.63) is 35.7 Å². The van der Waals surface area contributed by atoms with Crippen molar-refractivity contribution in [3.8, 4) is 0 Å². The van der Waals surface area contributed by atoms with E-state index in [1.165, 1.54) is 5.56 Å². The maximum Gasteiger partial charge on any atom is 0.246 e. The molecule has 0 radical (unpaired) electrons. The molecule has 0 atom stereocenters. The minimum Gasteiger partial charge on any atom is -0.383 e. The molecule has 2 aromatic rings. The number of rotatable bonds is 9. The molecule has 2 aromatic heterocycles. The molecule has 0 saturated carbocycles.